The van der Waals surface area contributed by atoms with Crippen molar-refractivity contribution in [1.29, 1.82) is 0 Å². The van der Waals surface area contributed by atoms with Gasteiger partial charge in [0.2, 0.25) is 0 Å². The first kappa shape index (κ1) is 13.6. The number of rotatable bonds is 7. The molecule has 0 radical (unpaired) electrons. The Hall–Kier alpha value is -1.42. The highest BCUT2D eigenvalue weighted by molar-refractivity contribution is 5.51. The fourth-order valence-corrected chi connectivity index (χ4v) is 1.57. The van der Waals surface area contributed by atoms with Crippen LogP contribution in [0.2, 0.25) is 0 Å². The van der Waals surface area contributed by atoms with E-state index in [1.807, 2.05) is 20.8 Å². The first-order valence-electron chi connectivity index (χ1n) is 5.92. The minimum absolute atomic E-state index is 0.101. The van der Waals surface area contributed by atoms with Gasteiger partial charge in [0, 0.05) is 11.6 Å². The molecule has 96 valence electrons. The predicted molar refractivity (Wildman–Crippen MR) is 65.9 cm³/mol. The Kier molecular flexibility index (Phi) is 5.63. The van der Waals surface area contributed by atoms with Crippen LogP contribution in [0.3, 0.4) is 0 Å². The van der Waals surface area contributed by atoms with Gasteiger partial charge < -0.3 is 19.3 Å². The Labute approximate surface area is 102 Å². The van der Waals surface area contributed by atoms with Crippen LogP contribution >= 0.6 is 0 Å². The minimum Gasteiger partial charge on any atom is -0.494 e. The van der Waals surface area contributed by atoms with E-state index in [9.17, 15) is 5.11 Å². The highest BCUT2D eigenvalue weighted by atomic mass is 16.5. The number of ether oxygens (including phenoxy) is 3. The van der Waals surface area contributed by atoms with Crippen molar-refractivity contribution in [2.24, 2.45) is 0 Å². The molecule has 0 unspecified atom stereocenters. The summed E-state index contributed by atoms with van der Waals surface area (Å²) in [6.07, 6.45) is 0. The number of hydrogen-bond donors (Lipinski definition) is 1. The van der Waals surface area contributed by atoms with Crippen molar-refractivity contribution in [2.45, 2.75) is 27.4 Å². The van der Waals surface area contributed by atoms with Crippen LogP contribution in [-0.2, 0) is 6.61 Å². The maximum Gasteiger partial charge on any atom is 0.166 e. The van der Waals surface area contributed by atoms with Crippen LogP contribution in [0, 0.1) is 0 Å². The topological polar surface area (TPSA) is 47.9 Å². The summed E-state index contributed by atoms with van der Waals surface area (Å²) in [4.78, 5) is 0. The third-order valence-corrected chi connectivity index (χ3v) is 2.18. The van der Waals surface area contributed by atoms with Crippen molar-refractivity contribution in [2.75, 3.05) is 19.8 Å². The summed E-state index contributed by atoms with van der Waals surface area (Å²) >= 11 is 0. The number of hydrogen-bond acceptors (Lipinski definition) is 4. The molecular weight excluding hydrogens is 220 g/mol. The van der Waals surface area contributed by atoms with Gasteiger partial charge in [-0.2, -0.15) is 0 Å². The third kappa shape index (κ3) is 3.53. The van der Waals surface area contributed by atoms with Gasteiger partial charge in [-0.3, -0.25) is 0 Å². The van der Waals surface area contributed by atoms with Gasteiger partial charge >= 0.3 is 0 Å². The summed E-state index contributed by atoms with van der Waals surface area (Å²) in [6.45, 7) is 7.26. The lowest BCUT2D eigenvalue weighted by atomic mass is 10.2. The molecule has 4 heteroatoms. The monoisotopic (exact) mass is 240 g/mol. The van der Waals surface area contributed by atoms with E-state index in [2.05, 4.69) is 0 Å². The van der Waals surface area contributed by atoms with Crippen LogP contribution in [0.5, 0.6) is 17.2 Å². The van der Waals surface area contributed by atoms with Crippen LogP contribution in [0.25, 0.3) is 0 Å². The molecule has 0 aliphatic carbocycles. The number of aliphatic hydroxyl groups excluding tert-OH is 1. The van der Waals surface area contributed by atoms with Crippen LogP contribution in [0.1, 0.15) is 26.3 Å². The van der Waals surface area contributed by atoms with Crippen molar-refractivity contribution >= 4 is 0 Å². The lowest BCUT2D eigenvalue weighted by molar-refractivity contribution is 0.251. The lowest BCUT2D eigenvalue weighted by Gasteiger charge is -2.16. The quantitative estimate of drug-likeness (QED) is 0.795. The molecule has 0 fully saturated rings. The molecule has 1 aromatic carbocycles. The van der Waals surface area contributed by atoms with E-state index >= 15 is 0 Å². The molecule has 17 heavy (non-hydrogen) atoms. The molecule has 0 saturated heterocycles. The predicted octanol–water partition coefficient (Wildman–Crippen LogP) is 2.38. The van der Waals surface area contributed by atoms with E-state index in [0.717, 1.165) is 0 Å². The second kappa shape index (κ2) is 7.01. The molecule has 0 aromatic heterocycles. The average molecular weight is 240 g/mol. The van der Waals surface area contributed by atoms with Gasteiger partial charge in [0.05, 0.1) is 26.4 Å². The first-order chi connectivity index (χ1) is 8.26. The SMILES string of the molecule is CCOc1cc(CO)c(OCC)c(OCC)c1. The molecule has 0 bridgehead atoms. The minimum atomic E-state index is -0.101. The normalized spacial score (nSPS) is 10.1. The van der Waals surface area contributed by atoms with E-state index in [-0.39, 0.29) is 6.61 Å². The zero-order valence-electron chi connectivity index (χ0n) is 10.7. The maximum absolute atomic E-state index is 9.34. The Morgan fingerprint density at radius 1 is 0.941 bits per heavy atom. The molecule has 0 heterocycles. The van der Waals surface area contributed by atoms with Crippen molar-refractivity contribution in [3.63, 3.8) is 0 Å². The highest BCUT2D eigenvalue weighted by Crippen LogP contribution is 2.36. The molecule has 1 rings (SSSR count). The molecule has 0 saturated carbocycles. The molecule has 0 aliphatic heterocycles. The molecule has 0 spiro atoms. The van der Waals surface area contributed by atoms with Gasteiger partial charge in [-0.15, -0.1) is 0 Å². The Balaban J connectivity index is 3.14. The fraction of sp³-hybridized carbons (Fsp3) is 0.538. The lowest BCUT2D eigenvalue weighted by Crippen LogP contribution is -2.03. The third-order valence-electron chi connectivity index (χ3n) is 2.18. The molecule has 0 aliphatic rings. The van der Waals surface area contributed by atoms with E-state index in [1.165, 1.54) is 0 Å². The summed E-state index contributed by atoms with van der Waals surface area (Å²) in [6, 6.07) is 3.56. The van der Waals surface area contributed by atoms with Crippen molar-refractivity contribution < 1.29 is 19.3 Å². The second-order valence-corrected chi connectivity index (χ2v) is 3.37. The fourth-order valence-electron chi connectivity index (χ4n) is 1.57. The van der Waals surface area contributed by atoms with Gasteiger partial charge in [-0.05, 0) is 26.8 Å². The van der Waals surface area contributed by atoms with Gasteiger partial charge in [0.25, 0.3) is 0 Å². The molecule has 1 aromatic rings. The molecule has 0 amide bonds. The Morgan fingerprint density at radius 2 is 1.59 bits per heavy atom. The zero-order chi connectivity index (χ0) is 12.7. The van der Waals surface area contributed by atoms with Gasteiger partial charge in [0.15, 0.2) is 11.5 Å². The van der Waals surface area contributed by atoms with E-state index in [4.69, 9.17) is 14.2 Å². The molecule has 1 N–H and O–H groups in total. The maximum atomic E-state index is 9.34. The van der Waals surface area contributed by atoms with Crippen LogP contribution in [-0.4, -0.2) is 24.9 Å². The summed E-state index contributed by atoms with van der Waals surface area (Å²) < 4.78 is 16.4. The van der Waals surface area contributed by atoms with Crippen LogP contribution in [0.15, 0.2) is 12.1 Å². The highest BCUT2D eigenvalue weighted by Gasteiger charge is 2.13. The molecule has 0 atom stereocenters. The van der Waals surface area contributed by atoms with Gasteiger partial charge in [0.1, 0.15) is 5.75 Å². The summed E-state index contributed by atoms with van der Waals surface area (Å²) in [7, 11) is 0. The van der Waals surface area contributed by atoms with Gasteiger partial charge in [-0.1, -0.05) is 0 Å². The van der Waals surface area contributed by atoms with Crippen molar-refractivity contribution in [3.8, 4) is 17.2 Å². The molecular formula is C13H20O4. The second-order valence-electron chi connectivity index (χ2n) is 3.37. The number of aliphatic hydroxyl groups is 1. The van der Waals surface area contributed by atoms with E-state index in [0.29, 0.717) is 42.6 Å². The smallest absolute Gasteiger partial charge is 0.166 e. The summed E-state index contributed by atoms with van der Waals surface area (Å²) in [5.41, 5.74) is 0.682. The van der Waals surface area contributed by atoms with Crippen molar-refractivity contribution in [3.05, 3.63) is 17.7 Å². The Morgan fingerprint density at radius 3 is 2.12 bits per heavy atom. The molecule has 4 nitrogen and oxygen atoms in total. The van der Waals surface area contributed by atoms with Crippen molar-refractivity contribution in [1.82, 2.24) is 0 Å². The van der Waals surface area contributed by atoms with E-state index < -0.39 is 0 Å². The van der Waals surface area contributed by atoms with Crippen LogP contribution < -0.4 is 14.2 Å². The Bertz CT molecular complexity index is 350. The summed E-state index contributed by atoms with van der Waals surface area (Å²) in [5.74, 6) is 1.90. The van der Waals surface area contributed by atoms with Crippen LogP contribution in [0.4, 0.5) is 0 Å². The number of benzene rings is 1. The van der Waals surface area contributed by atoms with Gasteiger partial charge in [-0.25, -0.2) is 0 Å². The largest absolute Gasteiger partial charge is 0.494 e. The average Bonchev–Trinajstić information content (AvgIpc) is 2.33. The standard InChI is InChI=1S/C13H20O4/c1-4-15-11-7-10(9-14)13(17-6-3)12(8-11)16-5-2/h7-8,14H,4-6,9H2,1-3H3. The first-order valence-corrected chi connectivity index (χ1v) is 5.92. The van der Waals surface area contributed by atoms with E-state index in [1.54, 1.807) is 12.1 Å². The summed E-state index contributed by atoms with van der Waals surface area (Å²) in [5, 5.41) is 9.34. The zero-order valence-corrected chi connectivity index (χ0v) is 10.7.